The largest absolute Gasteiger partial charge is 0.271 e. The van der Waals surface area contributed by atoms with E-state index >= 15 is 0 Å². The molecule has 0 aliphatic carbocycles. The van der Waals surface area contributed by atoms with Crippen molar-refractivity contribution >= 4 is 32.4 Å². The van der Waals surface area contributed by atoms with Gasteiger partial charge in [-0.05, 0) is 35.7 Å². The lowest BCUT2D eigenvalue weighted by molar-refractivity contribution is 0.532. The van der Waals surface area contributed by atoms with Crippen LogP contribution in [0.4, 0.5) is 0 Å². The van der Waals surface area contributed by atoms with Gasteiger partial charge in [-0.3, -0.25) is 0 Å². The first kappa shape index (κ1) is 18.4. The first-order valence-electron chi connectivity index (χ1n) is 7.76. The molecule has 0 heterocycles. The maximum atomic E-state index is 12.8. The molecule has 24 heavy (non-hydrogen) atoms. The Bertz CT molecular complexity index is 866. The van der Waals surface area contributed by atoms with Crippen LogP contribution in [0.5, 0.6) is 0 Å². The van der Waals surface area contributed by atoms with Gasteiger partial charge in [-0.25, -0.2) is 12.7 Å². The predicted molar refractivity (Wildman–Crippen MR) is 100 cm³/mol. The highest BCUT2D eigenvalue weighted by molar-refractivity contribution is 7.89. The van der Waals surface area contributed by atoms with E-state index in [0.29, 0.717) is 12.3 Å². The van der Waals surface area contributed by atoms with Crippen LogP contribution in [0.25, 0.3) is 10.8 Å². The predicted octanol–water partition coefficient (Wildman–Crippen LogP) is 4.39. The number of hydrogen-bond donors (Lipinski definition) is 0. The molecular weight excluding hydrogens is 342 g/mol. The second-order valence-electron chi connectivity index (χ2n) is 5.27. The molecular formula is C19H20ClNO2S. The Balaban J connectivity index is 2.30. The van der Waals surface area contributed by atoms with Crippen LogP contribution < -0.4 is 0 Å². The monoisotopic (exact) mass is 361 g/mol. The highest BCUT2D eigenvalue weighted by atomic mass is 35.5. The number of unbranched alkanes of at least 4 members (excludes halogenated alkanes) is 2. The van der Waals surface area contributed by atoms with Gasteiger partial charge in [0.25, 0.3) is 10.0 Å². The molecule has 0 fully saturated rings. The zero-order valence-electron chi connectivity index (χ0n) is 13.4. The number of sulfonamides is 1. The Morgan fingerprint density at radius 3 is 2.58 bits per heavy atom. The van der Waals surface area contributed by atoms with Crippen molar-refractivity contribution in [3.8, 4) is 12.0 Å². The van der Waals surface area contributed by atoms with Crippen molar-refractivity contribution in [3.63, 3.8) is 0 Å². The summed E-state index contributed by atoms with van der Waals surface area (Å²) < 4.78 is 26.8. The molecule has 5 heteroatoms. The van der Waals surface area contributed by atoms with E-state index in [9.17, 15) is 8.42 Å². The van der Waals surface area contributed by atoms with Gasteiger partial charge >= 0.3 is 0 Å². The fourth-order valence-corrected chi connectivity index (χ4v) is 3.67. The number of hydrogen-bond acceptors (Lipinski definition) is 2. The second kappa shape index (κ2) is 8.77. The number of nitrogens with zero attached hydrogens (tertiary/aromatic N) is 1. The molecule has 0 unspecified atom stereocenters. The molecule has 0 atom stereocenters. The minimum absolute atomic E-state index is 0.150. The van der Waals surface area contributed by atoms with E-state index in [0.717, 1.165) is 27.9 Å². The van der Waals surface area contributed by atoms with Gasteiger partial charge < -0.3 is 0 Å². The van der Waals surface area contributed by atoms with Crippen LogP contribution in [0.2, 0.25) is 0 Å². The van der Waals surface area contributed by atoms with E-state index in [1.807, 2.05) is 30.3 Å². The summed E-state index contributed by atoms with van der Waals surface area (Å²) in [6.45, 7) is 3.77. The van der Waals surface area contributed by atoms with Crippen molar-refractivity contribution in [1.82, 2.24) is 4.31 Å². The summed E-state index contributed by atoms with van der Waals surface area (Å²) in [7, 11) is -3.69. The SMILES string of the molecule is C=CCN(C#CCCCCCl)S(=O)(=O)c1ccc2ccccc2c1. The van der Waals surface area contributed by atoms with E-state index in [1.54, 1.807) is 12.1 Å². The van der Waals surface area contributed by atoms with Crippen LogP contribution in [0.1, 0.15) is 19.3 Å². The zero-order valence-corrected chi connectivity index (χ0v) is 15.0. The van der Waals surface area contributed by atoms with Crippen LogP contribution in [-0.2, 0) is 10.0 Å². The molecule has 0 N–H and O–H groups in total. The Labute approximate surface area is 149 Å². The molecule has 0 amide bonds. The van der Waals surface area contributed by atoms with Gasteiger partial charge in [0, 0.05) is 18.3 Å². The minimum Gasteiger partial charge on any atom is -0.221 e. The van der Waals surface area contributed by atoms with E-state index < -0.39 is 10.0 Å². The molecule has 2 aromatic carbocycles. The maximum absolute atomic E-state index is 12.8. The Morgan fingerprint density at radius 2 is 1.88 bits per heavy atom. The molecule has 3 nitrogen and oxygen atoms in total. The first-order valence-corrected chi connectivity index (χ1v) is 9.74. The number of benzene rings is 2. The molecule has 126 valence electrons. The molecule has 0 saturated carbocycles. The van der Waals surface area contributed by atoms with Crippen LogP contribution in [0.3, 0.4) is 0 Å². The minimum atomic E-state index is -3.69. The fourth-order valence-electron chi connectivity index (χ4n) is 2.23. The Morgan fingerprint density at radius 1 is 1.12 bits per heavy atom. The van der Waals surface area contributed by atoms with Crippen molar-refractivity contribution in [2.75, 3.05) is 12.4 Å². The normalized spacial score (nSPS) is 10.9. The zero-order chi connectivity index (χ0) is 17.4. The first-order chi connectivity index (χ1) is 11.6. The quantitative estimate of drug-likeness (QED) is 0.241. The smallest absolute Gasteiger partial charge is 0.221 e. The van der Waals surface area contributed by atoms with E-state index in [2.05, 4.69) is 18.5 Å². The fraction of sp³-hybridized carbons (Fsp3) is 0.263. The second-order valence-corrected chi connectivity index (χ2v) is 7.51. The van der Waals surface area contributed by atoms with E-state index in [-0.39, 0.29) is 11.4 Å². The number of rotatable bonds is 7. The molecule has 0 spiro atoms. The van der Waals surface area contributed by atoms with Crippen molar-refractivity contribution in [1.29, 1.82) is 0 Å². The van der Waals surface area contributed by atoms with Crippen molar-refractivity contribution in [2.24, 2.45) is 0 Å². The van der Waals surface area contributed by atoms with Crippen LogP contribution in [0.15, 0.2) is 60.0 Å². The molecule has 0 radical (unpaired) electrons. The molecule has 0 saturated heterocycles. The summed E-state index contributed by atoms with van der Waals surface area (Å²) in [6.07, 6.45) is 3.88. The molecule has 0 bridgehead atoms. The summed E-state index contributed by atoms with van der Waals surface area (Å²) >= 11 is 5.63. The van der Waals surface area contributed by atoms with Crippen molar-refractivity contribution < 1.29 is 8.42 Å². The van der Waals surface area contributed by atoms with Crippen molar-refractivity contribution in [2.45, 2.75) is 24.2 Å². The van der Waals surface area contributed by atoms with Gasteiger partial charge in [0.05, 0.1) is 11.4 Å². The van der Waals surface area contributed by atoms with Crippen LogP contribution in [0, 0.1) is 12.0 Å². The van der Waals surface area contributed by atoms with Gasteiger partial charge in [0.1, 0.15) is 0 Å². The van der Waals surface area contributed by atoms with Crippen molar-refractivity contribution in [3.05, 3.63) is 55.1 Å². The molecule has 0 aliphatic heterocycles. The summed E-state index contributed by atoms with van der Waals surface area (Å²) in [4.78, 5) is 0.234. The van der Waals surface area contributed by atoms with Gasteiger partial charge in [0.2, 0.25) is 0 Å². The van der Waals surface area contributed by atoms with Gasteiger partial charge in [0.15, 0.2) is 0 Å². The molecule has 0 aromatic heterocycles. The van der Waals surface area contributed by atoms with Crippen LogP contribution in [-0.4, -0.2) is 25.1 Å². The summed E-state index contributed by atoms with van der Waals surface area (Å²) in [5, 5.41) is 1.88. The van der Waals surface area contributed by atoms with E-state index in [4.69, 9.17) is 11.6 Å². The summed E-state index contributed by atoms with van der Waals surface area (Å²) in [6, 6.07) is 15.5. The highest BCUT2D eigenvalue weighted by Crippen LogP contribution is 2.21. The number of alkyl halides is 1. The maximum Gasteiger partial charge on any atom is 0.271 e. The average molecular weight is 362 g/mol. The Kier molecular flexibility index (Phi) is 6.72. The third-order valence-corrected chi connectivity index (χ3v) is 5.43. The third-order valence-electron chi connectivity index (χ3n) is 3.49. The highest BCUT2D eigenvalue weighted by Gasteiger charge is 2.21. The van der Waals surface area contributed by atoms with Gasteiger partial charge in [-0.2, -0.15) is 0 Å². The third kappa shape index (κ3) is 4.53. The average Bonchev–Trinajstić information content (AvgIpc) is 2.60. The number of fused-ring (bicyclic) bond motifs is 1. The topological polar surface area (TPSA) is 37.4 Å². The van der Waals surface area contributed by atoms with Gasteiger partial charge in [-0.15, -0.1) is 18.2 Å². The molecule has 0 aliphatic rings. The van der Waals surface area contributed by atoms with Gasteiger partial charge in [-0.1, -0.05) is 42.3 Å². The van der Waals surface area contributed by atoms with E-state index in [1.165, 1.54) is 6.08 Å². The van der Waals surface area contributed by atoms with Crippen LogP contribution >= 0.6 is 11.6 Å². The standard InChI is InChI=1S/C19H20ClNO2S/c1-2-14-21(15-8-4-3-7-13-20)24(22,23)19-12-11-17-9-5-6-10-18(17)16-19/h2,5-6,9-12,16H,1,3-4,7,13-14H2. The summed E-state index contributed by atoms with van der Waals surface area (Å²) in [5.41, 5.74) is 0. The molecule has 2 rings (SSSR count). The lowest BCUT2D eigenvalue weighted by Crippen LogP contribution is -2.26. The Hall–Kier alpha value is -1.96. The lowest BCUT2D eigenvalue weighted by Gasteiger charge is -2.16. The summed E-state index contributed by atoms with van der Waals surface area (Å²) in [5.74, 6) is 3.50. The lowest BCUT2D eigenvalue weighted by atomic mass is 10.1. The number of halogens is 1. The molecule has 2 aromatic rings.